The smallest absolute Gasteiger partial charge is 0.124 e. The van der Waals surface area contributed by atoms with Gasteiger partial charge in [-0.15, -0.1) is 11.3 Å². The van der Waals surface area contributed by atoms with Crippen LogP contribution in [0, 0.1) is 0 Å². The van der Waals surface area contributed by atoms with Gasteiger partial charge >= 0.3 is 0 Å². The third kappa shape index (κ3) is 2.38. The highest BCUT2D eigenvalue weighted by Crippen LogP contribution is 2.26. The first-order valence-corrected chi connectivity index (χ1v) is 6.13. The van der Waals surface area contributed by atoms with Gasteiger partial charge in [0.2, 0.25) is 0 Å². The summed E-state index contributed by atoms with van der Waals surface area (Å²) in [6.07, 6.45) is 3.59. The number of halogens is 1. The highest BCUT2D eigenvalue weighted by Gasteiger charge is 2.10. The van der Waals surface area contributed by atoms with Gasteiger partial charge in [-0.3, -0.25) is 4.68 Å². The molecule has 1 unspecified atom stereocenters. The van der Waals surface area contributed by atoms with Crippen LogP contribution in [0.5, 0.6) is 0 Å². The topological polar surface area (TPSA) is 42.7 Å². The summed E-state index contributed by atoms with van der Waals surface area (Å²) in [7, 11) is 1.91. The zero-order valence-corrected chi connectivity index (χ0v) is 10.8. The molecule has 4 nitrogen and oxygen atoms in total. The number of hydrogen-bond acceptors (Lipinski definition) is 4. The normalized spacial score (nSPS) is 12.7. The van der Waals surface area contributed by atoms with E-state index in [1.54, 1.807) is 22.2 Å². The van der Waals surface area contributed by atoms with Crippen molar-refractivity contribution in [2.24, 2.45) is 7.05 Å². The molecule has 0 radical (unpaired) electrons. The van der Waals surface area contributed by atoms with E-state index < -0.39 is 0 Å². The van der Waals surface area contributed by atoms with E-state index in [-0.39, 0.29) is 6.04 Å². The molecule has 2 heterocycles. The van der Waals surface area contributed by atoms with Gasteiger partial charge in [0, 0.05) is 13.1 Å². The molecule has 1 N–H and O–H groups in total. The van der Waals surface area contributed by atoms with Crippen LogP contribution in [-0.2, 0) is 7.05 Å². The summed E-state index contributed by atoms with van der Waals surface area (Å²) < 4.78 is 2.86. The van der Waals surface area contributed by atoms with Crippen molar-refractivity contribution in [2.45, 2.75) is 13.0 Å². The van der Waals surface area contributed by atoms with E-state index in [1.165, 1.54) is 0 Å². The number of nitrogens with one attached hydrogen (secondary N) is 1. The Kier molecular flexibility index (Phi) is 3.06. The van der Waals surface area contributed by atoms with E-state index in [4.69, 9.17) is 0 Å². The lowest BCUT2D eigenvalue weighted by atomic mass is 10.3. The first-order chi connectivity index (χ1) is 7.16. The minimum Gasteiger partial charge on any atom is -0.361 e. The van der Waals surface area contributed by atoms with Crippen molar-refractivity contribution >= 4 is 33.1 Å². The molecule has 0 saturated heterocycles. The molecule has 2 rings (SSSR count). The number of aryl methyl sites for hydroxylation is 1. The van der Waals surface area contributed by atoms with Gasteiger partial charge < -0.3 is 5.32 Å². The van der Waals surface area contributed by atoms with E-state index in [1.807, 2.05) is 19.3 Å². The van der Waals surface area contributed by atoms with Gasteiger partial charge in [0.1, 0.15) is 10.8 Å². The average molecular weight is 287 g/mol. The molecule has 80 valence electrons. The summed E-state index contributed by atoms with van der Waals surface area (Å²) >= 11 is 5.04. The highest BCUT2D eigenvalue weighted by molar-refractivity contribution is 9.11. The van der Waals surface area contributed by atoms with Crippen LogP contribution in [0.4, 0.5) is 5.82 Å². The first-order valence-electron chi connectivity index (χ1n) is 4.52. The van der Waals surface area contributed by atoms with Crippen LogP contribution in [-0.4, -0.2) is 14.8 Å². The lowest BCUT2D eigenvalue weighted by Gasteiger charge is -2.12. The summed E-state index contributed by atoms with van der Waals surface area (Å²) in [5.74, 6) is 0.994. The summed E-state index contributed by atoms with van der Waals surface area (Å²) in [6.45, 7) is 2.08. The third-order valence-electron chi connectivity index (χ3n) is 2.05. The van der Waals surface area contributed by atoms with Crippen molar-refractivity contribution in [2.75, 3.05) is 5.32 Å². The van der Waals surface area contributed by atoms with Crippen LogP contribution in [0.15, 0.2) is 22.2 Å². The first kappa shape index (κ1) is 10.6. The zero-order chi connectivity index (χ0) is 10.8. The zero-order valence-electron chi connectivity index (χ0n) is 8.44. The lowest BCUT2D eigenvalue weighted by Crippen LogP contribution is -2.09. The fourth-order valence-corrected chi connectivity index (χ4v) is 2.51. The van der Waals surface area contributed by atoms with E-state index >= 15 is 0 Å². The van der Waals surface area contributed by atoms with Crippen molar-refractivity contribution in [1.29, 1.82) is 0 Å². The Labute approximate surface area is 100 Å². The second-order valence-electron chi connectivity index (χ2n) is 3.21. The second-order valence-corrected chi connectivity index (χ2v) is 5.65. The van der Waals surface area contributed by atoms with Crippen LogP contribution in [0.1, 0.15) is 18.0 Å². The Balaban J connectivity index is 2.10. The molecule has 0 saturated carbocycles. The van der Waals surface area contributed by atoms with Crippen molar-refractivity contribution < 1.29 is 0 Å². The van der Waals surface area contributed by atoms with Gasteiger partial charge in [0.25, 0.3) is 0 Å². The highest BCUT2D eigenvalue weighted by atomic mass is 79.9. The minimum atomic E-state index is 0.191. The predicted octanol–water partition coefficient (Wildman–Crippen LogP) is 2.81. The van der Waals surface area contributed by atoms with Crippen molar-refractivity contribution in [1.82, 2.24) is 14.8 Å². The van der Waals surface area contributed by atoms with Gasteiger partial charge in [-0.2, -0.15) is 5.10 Å². The third-order valence-corrected chi connectivity index (χ3v) is 3.71. The number of anilines is 1. The van der Waals surface area contributed by atoms with Crippen molar-refractivity contribution in [3.8, 4) is 0 Å². The van der Waals surface area contributed by atoms with E-state index in [0.717, 1.165) is 14.6 Å². The number of aromatic nitrogens is 3. The fraction of sp³-hybridized carbons (Fsp3) is 0.333. The molecule has 0 fully saturated rings. The predicted molar refractivity (Wildman–Crippen MR) is 65.1 cm³/mol. The van der Waals surface area contributed by atoms with Crippen LogP contribution in [0.3, 0.4) is 0 Å². The van der Waals surface area contributed by atoms with E-state index in [9.17, 15) is 0 Å². The maximum Gasteiger partial charge on any atom is 0.124 e. The van der Waals surface area contributed by atoms with Gasteiger partial charge in [0.15, 0.2) is 0 Å². The number of nitrogens with zero attached hydrogens (tertiary/aromatic N) is 3. The van der Waals surface area contributed by atoms with Gasteiger partial charge in [-0.05, 0) is 22.9 Å². The van der Waals surface area contributed by atoms with Gasteiger partial charge in [0.05, 0.1) is 22.2 Å². The molecule has 2 aromatic heterocycles. The van der Waals surface area contributed by atoms with E-state index in [2.05, 4.69) is 38.3 Å². The summed E-state index contributed by atoms with van der Waals surface area (Å²) in [6, 6.07) is 2.13. The summed E-state index contributed by atoms with van der Waals surface area (Å²) in [5, 5.41) is 8.50. The Bertz CT molecular complexity index is 450. The Hall–Kier alpha value is -0.880. The lowest BCUT2D eigenvalue weighted by molar-refractivity contribution is 0.749. The van der Waals surface area contributed by atoms with Crippen LogP contribution in [0.2, 0.25) is 0 Å². The molecule has 2 aromatic rings. The molecule has 0 aromatic carbocycles. The van der Waals surface area contributed by atoms with Gasteiger partial charge in [-0.25, -0.2) is 4.98 Å². The molecule has 0 aliphatic carbocycles. The quantitative estimate of drug-likeness (QED) is 0.944. The number of hydrogen-bond donors (Lipinski definition) is 1. The minimum absolute atomic E-state index is 0.191. The Morgan fingerprint density at radius 2 is 2.40 bits per heavy atom. The number of rotatable bonds is 3. The molecule has 1 atom stereocenters. The largest absolute Gasteiger partial charge is 0.361 e. The molecule has 0 spiro atoms. The van der Waals surface area contributed by atoms with Crippen LogP contribution >= 0.6 is 27.3 Å². The summed E-state index contributed by atoms with van der Waals surface area (Å²) in [5.41, 5.74) is 0. The standard InChI is InChI=1S/C9H11BrN4S/c1-6(9-11-5-7(10)15-9)13-8-3-4-12-14(8)2/h3-6,13H,1-2H3. The SMILES string of the molecule is CC(Nc1ccnn1C)c1ncc(Br)s1. The number of thiazole rings is 1. The maximum atomic E-state index is 4.31. The molecular weight excluding hydrogens is 276 g/mol. The fourth-order valence-electron chi connectivity index (χ4n) is 1.27. The Morgan fingerprint density at radius 1 is 1.60 bits per heavy atom. The summed E-state index contributed by atoms with van der Waals surface area (Å²) in [4.78, 5) is 4.31. The maximum absolute atomic E-state index is 4.31. The molecule has 15 heavy (non-hydrogen) atoms. The average Bonchev–Trinajstić information content (AvgIpc) is 2.77. The molecule has 0 amide bonds. The van der Waals surface area contributed by atoms with Crippen LogP contribution < -0.4 is 5.32 Å². The molecule has 6 heteroatoms. The molecule has 0 bridgehead atoms. The van der Waals surface area contributed by atoms with Crippen LogP contribution in [0.25, 0.3) is 0 Å². The molecule has 0 aliphatic rings. The van der Waals surface area contributed by atoms with Crippen molar-refractivity contribution in [3.63, 3.8) is 0 Å². The van der Waals surface area contributed by atoms with Crippen molar-refractivity contribution in [3.05, 3.63) is 27.3 Å². The Morgan fingerprint density at radius 3 is 2.93 bits per heavy atom. The monoisotopic (exact) mass is 286 g/mol. The molecular formula is C9H11BrN4S. The second kappa shape index (κ2) is 4.32. The van der Waals surface area contributed by atoms with Gasteiger partial charge in [-0.1, -0.05) is 0 Å². The molecule has 0 aliphatic heterocycles. The van der Waals surface area contributed by atoms with E-state index in [0.29, 0.717) is 0 Å².